The number of likely N-dealkylation sites (N-methyl/N-ethyl adjacent to an activating group) is 1. The maximum Gasteiger partial charge on any atom is 0.410 e. The van der Waals surface area contributed by atoms with Gasteiger partial charge in [-0.25, -0.2) is 4.79 Å². The Kier molecular flexibility index (Phi) is 11.8. The van der Waals surface area contributed by atoms with E-state index in [4.69, 9.17) is 4.74 Å². The van der Waals surface area contributed by atoms with Gasteiger partial charge in [-0.05, 0) is 40.0 Å². The summed E-state index contributed by atoms with van der Waals surface area (Å²) in [6.07, 6.45) is 1.05. The van der Waals surface area contributed by atoms with Crippen LogP contribution in [0, 0.1) is 5.92 Å². The SMILES string of the molecule is CCNC(=NCC(C)CN(C)C(=O)OC(C)(C)C)NC1CCC(=O)N(C)C1.I. The van der Waals surface area contributed by atoms with E-state index in [9.17, 15) is 9.59 Å². The van der Waals surface area contributed by atoms with Gasteiger partial charge in [0.25, 0.3) is 0 Å². The van der Waals surface area contributed by atoms with E-state index in [1.165, 1.54) is 0 Å². The maximum absolute atomic E-state index is 12.1. The van der Waals surface area contributed by atoms with Gasteiger partial charge in [0.1, 0.15) is 5.60 Å². The Hall–Kier alpha value is -1.26. The van der Waals surface area contributed by atoms with Crippen LogP contribution in [0.5, 0.6) is 0 Å². The van der Waals surface area contributed by atoms with Crippen molar-refractivity contribution < 1.29 is 14.3 Å². The van der Waals surface area contributed by atoms with Gasteiger partial charge < -0.3 is 25.2 Å². The third kappa shape index (κ3) is 10.3. The Bertz CT molecular complexity index is 536. The lowest BCUT2D eigenvalue weighted by Crippen LogP contribution is -2.51. The molecule has 2 amide bonds. The molecule has 2 unspecified atom stereocenters. The number of halogens is 1. The second-order valence-corrected chi connectivity index (χ2v) is 8.34. The highest BCUT2D eigenvalue weighted by Crippen LogP contribution is 2.11. The summed E-state index contributed by atoms with van der Waals surface area (Å²) in [5.74, 6) is 1.12. The summed E-state index contributed by atoms with van der Waals surface area (Å²) in [5, 5.41) is 6.66. The van der Waals surface area contributed by atoms with Crippen LogP contribution in [0.4, 0.5) is 4.79 Å². The molecular weight excluding hydrogens is 473 g/mol. The van der Waals surface area contributed by atoms with Gasteiger partial charge in [-0.15, -0.1) is 24.0 Å². The first-order chi connectivity index (χ1) is 12.5. The lowest BCUT2D eigenvalue weighted by molar-refractivity contribution is -0.132. The van der Waals surface area contributed by atoms with Crippen molar-refractivity contribution in [2.24, 2.45) is 10.9 Å². The summed E-state index contributed by atoms with van der Waals surface area (Å²) in [4.78, 5) is 31.7. The zero-order chi connectivity index (χ0) is 20.6. The van der Waals surface area contributed by atoms with E-state index in [0.717, 1.165) is 18.9 Å². The van der Waals surface area contributed by atoms with Crippen molar-refractivity contribution in [1.29, 1.82) is 0 Å². The molecule has 1 saturated heterocycles. The van der Waals surface area contributed by atoms with Crippen LogP contribution < -0.4 is 10.6 Å². The van der Waals surface area contributed by atoms with Crippen LogP contribution in [0.2, 0.25) is 0 Å². The zero-order valence-electron chi connectivity index (χ0n) is 18.4. The summed E-state index contributed by atoms with van der Waals surface area (Å²) in [6.45, 7) is 12.3. The molecular formula is C19H38IN5O3. The molecule has 0 aromatic carbocycles. The molecule has 0 aliphatic carbocycles. The molecule has 28 heavy (non-hydrogen) atoms. The normalized spacial score (nSPS) is 18.8. The molecule has 0 aromatic heterocycles. The minimum Gasteiger partial charge on any atom is -0.444 e. The Morgan fingerprint density at radius 3 is 2.61 bits per heavy atom. The number of nitrogens with one attached hydrogen (secondary N) is 2. The van der Waals surface area contributed by atoms with Gasteiger partial charge in [0.2, 0.25) is 5.91 Å². The number of hydrogen-bond acceptors (Lipinski definition) is 4. The van der Waals surface area contributed by atoms with Crippen LogP contribution in [0.1, 0.15) is 47.5 Å². The third-order valence-electron chi connectivity index (χ3n) is 4.16. The number of guanidine groups is 1. The van der Waals surface area contributed by atoms with Crippen LogP contribution >= 0.6 is 24.0 Å². The predicted molar refractivity (Wildman–Crippen MR) is 123 cm³/mol. The van der Waals surface area contributed by atoms with Crippen molar-refractivity contribution in [1.82, 2.24) is 20.4 Å². The molecule has 2 N–H and O–H groups in total. The number of aliphatic imine (C=N–C) groups is 1. The van der Waals surface area contributed by atoms with Gasteiger partial charge in [-0.3, -0.25) is 9.79 Å². The van der Waals surface area contributed by atoms with Gasteiger partial charge in [-0.1, -0.05) is 6.92 Å². The second kappa shape index (κ2) is 12.3. The Morgan fingerprint density at radius 2 is 2.07 bits per heavy atom. The first kappa shape index (κ1) is 26.7. The van der Waals surface area contributed by atoms with Crippen molar-refractivity contribution >= 4 is 41.9 Å². The Labute approximate surface area is 186 Å². The van der Waals surface area contributed by atoms with E-state index < -0.39 is 5.60 Å². The molecule has 164 valence electrons. The number of amides is 2. The number of piperidine rings is 1. The molecule has 0 spiro atoms. The van der Waals surface area contributed by atoms with Gasteiger partial charge in [-0.2, -0.15) is 0 Å². The predicted octanol–water partition coefficient (Wildman–Crippen LogP) is 2.28. The number of carbonyl (C=O) groups excluding carboxylic acids is 2. The van der Waals surface area contributed by atoms with Crippen molar-refractivity contribution in [3.05, 3.63) is 0 Å². The van der Waals surface area contributed by atoms with Crippen molar-refractivity contribution in [3.63, 3.8) is 0 Å². The highest BCUT2D eigenvalue weighted by Gasteiger charge is 2.24. The fourth-order valence-electron chi connectivity index (χ4n) is 2.83. The van der Waals surface area contributed by atoms with E-state index in [0.29, 0.717) is 26.1 Å². The molecule has 0 saturated carbocycles. The highest BCUT2D eigenvalue weighted by atomic mass is 127. The minimum absolute atomic E-state index is 0. The van der Waals surface area contributed by atoms with Crippen LogP contribution in [-0.2, 0) is 9.53 Å². The number of nitrogens with zero attached hydrogens (tertiary/aromatic N) is 3. The fraction of sp³-hybridized carbons (Fsp3) is 0.842. The molecule has 8 nitrogen and oxygen atoms in total. The van der Waals surface area contributed by atoms with E-state index in [1.807, 2.05) is 34.7 Å². The molecule has 1 aliphatic heterocycles. The Morgan fingerprint density at radius 1 is 1.43 bits per heavy atom. The summed E-state index contributed by atoms with van der Waals surface area (Å²) in [7, 11) is 3.57. The quantitative estimate of drug-likeness (QED) is 0.325. The molecule has 1 fully saturated rings. The van der Waals surface area contributed by atoms with E-state index in [1.54, 1.807) is 16.8 Å². The smallest absolute Gasteiger partial charge is 0.410 e. The maximum atomic E-state index is 12.1. The van der Waals surface area contributed by atoms with Crippen LogP contribution in [-0.4, -0.2) is 79.7 Å². The van der Waals surface area contributed by atoms with E-state index in [2.05, 4.69) is 22.5 Å². The zero-order valence-corrected chi connectivity index (χ0v) is 20.7. The monoisotopic (exact) mass is 511 g/mol. The first-order valence-electron chi connectivity index (χ1n) is 9.74. The van der Waals surface area contributed by atoms with Gasteiger partial charge in [0.05, 0.1) is 0 Å². The average Bonchev–Trinajstić information content (AvgIpc) is 2.54. The fourth-order valence-corrected chi connectivity index (χ4v) is 2.83. The average molecular weight is 511 g/mol. The summed E-state index contributed by atoms with van der Waals surface area (Å²) in [6, 6.07) is 0.199. The molecule has 0 radical (unpaired) electrons. The standard InChI is InChI=1S/C19H37N5O3.HI/c1-8-20-17(22-15-9-10-16(25)23(6)13-15)21-11-14(2)12-24(7)18(26)27-19(3,4)5;/h14-15H,8-13H2,1-7H3,(H2,20,21,22);1H. The van der Waals surface area contributed by atoms with Crippen LogP contribution in [0.3, 0.4) is 0 Å². The lowest BCUT2D eigenvalue weighted by atomic mass is 10.1. The molecule has 9 heteroatoms. The molecule has 1 aliphatic rings. The van der Waals surface area contributed by atoms with Crippen molar-refractivity contribution in [3.8, 4) is 0 Å². The summed E-state index contributed by atoms with van der Waals surface area (Å²) < 4.78 is 5.38. The summed E-state index contributed by atoms with van der Waals surface area (Å²) >= 11 is 0. The van der Waals surface area contributed by atoms with Crippen molar-refractivity contribution in [2.75, 3.05) is 40.3 Å². The highest BCUT2D eigenvalue weighted by molar-refractivity contribution is 14.0. The van der Waals surface area contributed by atoms with Crippen LogP contribution in [0.15, 0.2) is 4.99 Å². The lowest BCUT2D eigenvalue weighted by Gasteiger charge is -2.31. The molecule has 1 rings (SSSR count). The topological polar surface area (TPSA) is 86.3 Å². The molecule has 0 aromatic rings. The van der Waals surface area contributed by atoms with Gasteiger partial charge >= 0.3 is 6.09 Å². The first-order valence-corrected chi connectivity index (χ1v) is 9.74. The third-order valence-corrected chi connectivity index (χ3v) is 4.16. The molecule has 2 atom stereocenters. The minimum atomic E-state index is -0.497. The summed E-state index contributed by atoms with van der Waals surface area (Å²) in [5.41, 5.74) is -0.497. The molecule has 1 heterocycles. The largest absolute Gasteiger partial charge is 0.444 e. The molecule has 0 bridgehead atoms. The Balaban J connectivity index is 0.00000729. The number of ether oxygens (including phenoxy) is 1. The van der Waals surface area contributed by atoms with E-state index in [-0.39, 0.29) is 47.9 Å². The van der Waals surface area contributed by atoms with Gasteiger partial charge in [0, 0.05) is 52.7 Å². The number of rotatable bonds is 6. The number of likely N-dealkylation sites (tertiary alicyclic amines) is 1. The number of carbonyl (C=O) groups is 2. The van der Waals surface area contributed by atoms with E-state index >= 15 is 0 Å². The van der Waals surface area contributed by atoms with Gasteiger partial charge in [0.15, 0.2) is 5.96 Å². The van der Waals surface area contributed by atoms with Crippen molar-refractivity contribution in [2.45, 2.75) is 59.1 Å². The number of hydrogen-bond donors (Lipinski definition) is 2. The second-order valence-electron chi connectivity index (χ2n) is 8.34. The van der Waals surface area contributed by atoms with Crippen LogP contribution in [0.25, 0.3) is 0 Å².